The highest BCUT2D eigenvalue weighted by Crippen LogP contribution is 2.49. The van der Waals surface area contributed by atoms with Gasteiger partial charge in [-0.3, -0.25) is 4.57 Å². The molecule has 5 heteroatoms. The fraction of sp³-hybridized carbons (Fsp3) is 1.00. The average molecular weight is 243 g/mol. The number of alkyl halides is 1. The smallest absolute Gasteiger partial charge is 0.308 e. The average Bonchev–Trinajstić information content (AvgIpc) is 2.19. The van der Waals surface area contributed by atoms with Crippen LogP contribution in [0.3, 0.4) is 0 Å². The van der Waals surface area contributed by atoms with E-state index in [-0.39, 0.29) is 5.62 Å². The molecule has 0 bridgehead atoms. The summed E-state index contributed by atoms with van der Waals surface area (Å²) >= 11 is 5.55. The van der Waals surface area contributed by atoms with Gasteiger partial charge < -0.3 is 9.05 Å². The number of rotatable bonds is 9. The Morgan fingerprint density at radius 3 is 1.79 bits per heavy atom. The lowest BCUT2D eigenvalue weighted by molar-refractivity contribution is 0.203. The van der Waals surface area contributed by atoms with E-state index in [1.165, 1.54) is 0 Å². The Kier molecular flexibility index (Phi) is 9.00. The van der Waals surface area contributed by atoms with Gasteiger partial charge in [-0.05, 0) is 12.8 Å². The van der Waals surface area contributed by atoms with Crippen LogP contribution >= 0.6 is 19.2 Å². The number of unbranched alkanes of at least 4 members (excludes halogenated alkanes) is 2. The molecule has 14 heavy (non-hydrogen) atoms. The first-order valence-corrected chi connectivity index (χ1v) is 7.39. The van der Waals surface area contributed by atoms with Crippen molar-refractivity contribution in [3.63, 3.8) is 0 Å². The molecule has 0 amide bonds. The second kappa shape index (κ2) is 8.72. The first-order valence-electron chi connectivity index (χ1n) is 5.12. The Hall–Kier alpha value is 0.440. The van der Waals surface area contributed by atoms with Gasteiger partial charge in [-0.15, -0.1) is 11.6 Å². The molecule has 0 atom stereocenters. The van der Waals surface area contributed by atoms with E-state index in [9.17, 15) is 4.57 Å². The summed E-state index contributed by atoms with van der Waals surface area (Å²) in [5, 5.41) is 0. The second-order valence-electron chi connectivity index (χ2n) is 3.10. The van der Waals surface area contributed by atoms with E-state index >= 15 is 0 Å². The molecule has 0 saturated carbocycles. The normalized spacial score (nSPS) is 11.9. The number of halogens is 1. The Morgan fingerprint density at radius 1 is 1.07 bits per heavy atom. The maximum atomic E-state index is 11.8. The second-order valence-corrected chi connectivity index (χ2v) is 5.80. The van der Waals surface area contributed by atoms with E-state index in [4.69, 9.17) is 20.6 Å². The molecule has 3 nitrogen and oxygen atoms in total. The molecule has 0 aliphatic rings. The third-order valence-electron chi connectivity index (χ3n) is 1.72. The summed E-state index contributed by atoms with van der Waals surface area (Å²) in [6, 6.07) is 0. The molecule has 0 saturated heterocycles. The van der Waals surface area contributed by atoms with Crippen LogP contribution in [0.15, 0.2) is 0 Å². The summed E-state index contributed by atoms with van der Waals surface area (Å²) in [6.07, 6.45) is 3.80. The van der Waals surface area contributed by atoms with E-state index in [1.807, 2.05) is 13.8 Å². The monoisotopic (exact) mass is 242 g/mol. The van der Waals surface area contributed by atoms with Gasteiger partial charge >= 0.3 is 7.60 Å². The van der Waals surface area contributed by atoms with E-state index < -0.39 is 7.60 Å². The first kappa shape index (κ1) is 14.4. The molecule has 86 valence electrons. The third-order valence-corrected chi connectivity index (χ3v) is 4.04. The van der Waals surface area contributed by atoms with Crippen molar-refractivity contribution in [2.75, 3.05) is 18.8 Å². The Labute approximate surface area is 91.7 Å². The minimum absolute atomic E-state index is 0.0551. The molecule has 0 radical (unpaired) electrons. The van der Waals surface area contributed by atoms with Gasteiger partial charge in [0.1, 0.15) is 5.62 Å². The van der Waals surface area contributed by atoms with Gasteiger partial charge in [0.25, 0.3) is 0 Å². The minimum atomic E-state index is -2.99. The SMILES string of the molecule is CCCCOP(=O)(CCl)OCCCC. The molecule has 0 fully saturated rings. The highest BCUT2D eigenvalue weighted by molar-refractivity contribution is 7.55. The summed E-state index contributed by atoms with van der Waals surface area (Å²) in [5.74, 6) is 0. The van der Waals surface area contributed by atoms with Crippen molar-refractivity contribution in [2.45, 2.75) is 39.5 Å². The predicted molar refractivity (Wildman–Crippen MR) is 60.0 cm³/mol. The summed E-state index contributed by atoms with van der Waals surface area (Å²) in [4.78, 5) is 0. The Bertz CT molecular complexity index is 161. The van der Waals surface area contributed by atoms with Crippen LogP contribution in [0.1, 0.15) is 39.5 Å². The lowest BCUT2D eigenvalue weighted by Crippen LogP contribution is -2.00. The molecular weight excluding hydrogens is 223 g/mol. The fourth-order valence-electron chi connectivity index (χ4n) is 0.802. The summed E-state index contributed by atoms with van der Waals surface area (Å²) in [5.41, 5.74) is -0.0551. The molecule has 0 aliphatic heterocycles. The van der Waals surface area contributed by atoms with Crippen molar-refractivity contribution in [2.24, 2.45) is 0 Å². The van der Waals surface area contributed by atoms with Gasteiger partial charge in [0.15, 0.2) is 0 Å². The van der Waals surface area contributed by atoms with Crippen molar-refractivity contribution >= 4 is 19.2 Å². The highest BCUT2D eigenvalue weighted by atomic mass is 35.5. The van der Waals surface area contributed by atoms with Crippen LogP contribution < -0.4 is 0 Å². The fourth-order valence-corrected chi connectivity index (χ4v) is 2.24. The largest absolute Gasteiger partial charge is 0.345 e. The molecule has 0 rings (SSSR count). The van der Waals surface area contributed by atoms with Crippen LogP contribution in [-0.4, -0.2) is 18.8 Å². The summed E-state index contributed by atoms with van der Waals surface area (Å²) in [7, 11) is -2.99. The van der Waals surface area contributed by atoms with Crippen molar-refractivity contribution in [3.8, 4) is 0 Å². The zero-order chi connectivity index (χ0) is 10.9. The minimum Gasteiger partial charge on any atom is -0.308 e. The molecule has 0 aliphatic carbocycles. The maximum absolute atomic E-state index is 11.8. The lowest BCUT2D eigenvalue weighted by Gasteiger charge is -2.15. The molecule has 0 unspecified atom stereocenters. The van der Waals surface area contributed by atoms with Crippen molar-refractivity contribution in [1.82, 2.24) is 0 Å². The standard InChI is InChI=1S/C9H20ClO3P/c1-3-5-7-12-14(11,9-10)13-8-6-4-2/h3-9H2,1-2H3. The van der Waals surface area contributed by atoms with Crippen molar-refractivity contribution < 1.29 is 13.6 Å². The molecule has 0 aromatic rings. The van der Waals surface area contributed by atoms with Crippen LogP contribution in [0.2, 0.25) is 0 Å². The van der Waals surface area contributed by atoms with E-state index in [0.717, 1.165) is 25.7 Å². The summed E-state index contributed by atoms with van der Waals surface area (Å²) < 4.78 is 22.1. The summed E-state index contributed by atoms with van der Waals surface area (Å²) in [6.45, 7) is 5.03. The zero-order valence-corrected chi connectivity index (χ0v) is 10.7. The lowest BCUT2D eigenvalue weighted by atomic mass is 10.4. The number of hydrogen-bond acceptors (Lipinski definition) is 3. The van der Waals surface area contributed by atoms with Gasteiger partial charge in [0.2, 0.25) is 0 Å². The topological polar surface area (TPSA) is 35.5 Å². The third kappa shape index (κ3) is 6.83. The van der Waals surface area contributed by atoms with Crippen molar-refractivity contribution in [1.29, 1.82) is 0 Å². The van der Waals surface area contributed by atoms with Crippen LogP contribution in [0, 0.1) is 0 Å². The zero-order valence-electron chi connectivity index (χ0n) is 9.00. The van der Waals surface area contributed by atoms with E-state index in [2.05, 4.69) is 0 Å². The van der Waals surface area contributed by atoms with Crippen molar-refractivity contribution in [3.05, 3.63) is 0 Å². The van der Waals surface area contributed by atoms with Gasteiger partial charge in [0.05, 0.1) is 13.2 Å². The Morgan fingerprint density at radius 2 is 1.50 bits per heavy atom. The van der Waals surface area contributed by atoms with Crippen LogP contribution in [0.25, 0.3) is 0 Å². The Balaban J connectivity index is 3.74. The number of hydrogen-bond donors (Lipinski definition) is 0. The molecule has 0 aromatic carbocycles. The quantitative estimate of drug-likeness (QED) is 0.348. The van der Waals surface area contributed by atoms with Crippen LogP contribution in [0.4, 0.5) is 0 Å². The molecule has 0 heterocycles. The molecule has 0 aromatic heterocycles. The first-order chi connectivity index (χ1) is 6.68. The predicted octanol–water partition coefficient (Wildman–Crippen LogP) is 4.01. The highest BCUT2D eigenvalue weighted by Gasteiger charge is 2.22. The van der Waals surface area contributed by atoms with Gasteiger partial charge in [-0.2, -0.15) is 0 Å². The van der Waals surface area contributed by atoms with Crippen LogP contribution in [0.5, 0.6) is 0 Å². The molecule has 0 spiro atoms. The van der Waals surface area contributed by atoms with Crippen LogP contribution in [-0.2, 0) is 13.6 Å². The molecular formula is C9H20ClO3P. The maximum Gasteiger partial charge on any atom is 0.345 e. The van der Waals surface area contributed by atoms with Gasteiger partial charge in [-0.25, -0.2) is 0 Å². The van der Waals surface area contributed by atoms with E-state index in [0.29, 0.717) is 13.2 Å². The van der Waals surface area contributed by atoms with Gasteiger partial charge in [0, 0.05) is 0 Å². The van der Waals surface area contributed by atoms with E-state index in [1.54, 1.807) is 0 Å². The molecule has 0 N–H and O–H groups in total. The van der Waals surface area contributed by atoms with Gasteiger partial charge in [-0.1, -0.05) is 26.7 Å².